The second-order valence-electron chi connectivity index (χ2n) is 5.12. The van der Waals surface area contributed by atoms with Gasteiger partial charge >= 0.3 is 0 Å². The van der Waals surface area contributed by atoms with Crippen LogP contribution in [-0.2, 0) is 0 Å². The summed E-state index contributed by atoms with van der Waals surface area (Å²) >= 11 is 0. The summed E-state index contributed by atoms with van der Waals surface area (Å²) in [7, 11) is 1.55. The molecule has 0 aliphatic carbocycles. The van der Waals surface area contributed by atoms with Crippen molar-refractivity contribution in [3.8, 4) is 5.75 Å². The molecule has 1 aliphatic heterocycles. The molecule has 6 nitrogen and oxygen atoms in total. The number of benzene rings is 1. The van der Waals surface area contributed by atoms with Gasteiger partial charge in [-0.25, -0.2) is 0 Å². The number of hydrogen-bond donors (Lipinski definition) is 1. The van der Waals surface area contributed by atoms with E-state index >= 15 is 0 Å². The first-order valence-corrected chi connectivity index (χ1v) is 6.34. The van der Waals surface area contributed by atoms with Gasteiger partial charge < -0.3 is 15.4 Å². The summed E-state index contributed by atoms with van der Waals surface area (Å²) in [5, 5.41) is 11.1. The molecular formula is C13H19N3O3. The number of hydrogen-bond acceptors (Lipinski definition) is 5. The Kier molecular flexibility index (Phi) is 3.90. The molecule has 2 atom stereocenters. The van der Waals surface area contributed by atoms with Crippen molar-refractivity contribution < 1.29 is 9.66 Å². The summed E-state index contributed by atoms with van der Waals surface area (Å²) in [6.45, 7) is 3.53. The van der Waals surface area contributed by atoms with Crippen molar-refractivity contribution in [2.24, 2.45) is 11.7 Å². The molecule has 1 fully saturated rings. The molecule has 2 unspecified atom stereocenters. The van der Waals surface area contributed by atoms with Gasteiger partial charge in [0.15, 0.2) is 0 Å². The fourth-order valence-electron chi connectivity index (χ4n) is 2.63. The smallest absolute Gasteiger partial charge is 0.292 e. The molecule has 1 aromatic rings. The molecule has 0 saturated carbocycles. The van der Waals surface area contributed by atoms with E-state index in [2.05, 4.69) is 6.92 Å². The van der Waals surface area contributed by atoms with Gasteiger partial charge in [-0.2, -0.15) is 0 Å². The van der Waals surface area contributed by atoms with Crippen molar-refractivity contribution in [1.82, 2.24) is 0 Å². The molecule has 0 spiro atoms. The number of rotatable bonds is 3. The minimum Gasteiger partial charge on any atom is -0.497 e. The molecule has 0 amide bonds. The van der Waals surface area contributed by atoms with Crippen LogP contribution in [0.25, 0.3) is 0 Å². The molecule has 0 aromatic heterocycles. The number of nitrogens with two attached hydrogens (primary N) is 1. The Labute approximate surface area is 112 Å². The zero-order chi connectivity index (χ0) is 14.0. The van der Waals surface area contributed by atoms with Crippen LogP contribution >= 0.6 is 0 Å². The summed E-state index contributed by atoms with van der Waals surface area (Å²) < 4.78 is 5.15. The molecule has 1 heterocycles. The lowest BCUT2D eigenvalue weighted by Crippen LogP contribution is -2.46. The molecule has 6 heteroatoms. The number of anilines is 1. The number of nitrogens with zero attached hydrogens (tertiary/aromatic N) is 2. The van der Waals surface area contributed by atoms with Crippen molar-refractivity contribution in [3.63, 3.8) is 0 Å². The second-order valence-corrected chi connectivity index (χ2v) is 5.12. The summed E-state index contributed by atoms with van der Waals surface area (Å²) in [5.41, 5.74) is 6.70. The molecule has 19 heavy (non-hydrogen) atoms. The van der Waals surface area contributed by atoms with Gasteiger partial charge in [-0.3, -0.25) is 10.1 Å². The van der Waals surface area contributed by atoms with Crippen molar-refractivity contribution >= 4 is 11.4 Å². The molecular weight excluding hydrogens is 246 g/mol. The fraction of sp³-hybridized carbons (Fsp3) is 0.538. The van der Waals surface area contributed by atoms with E-state index in [0.717, 1.165) is 13.0 Å². The minimum atomic E-state index is -0.362. The van der Waals surface area contributed by atoms with Crippen molar-refractivity contribution in [2.75, 3.05) is 25.1 Å². The van der Waals surface area contributed by atoms with E-state index < -0.39 is 0 Å². The largest absolute Gasteiger partial charge is 0.497 e. The molecule has 2 N–H and O–H groups in total. The van der Waals surface area contributed by atoms with Gasteiger partial charge in [-0.05, 0) is 18.4 Å². The Morgan fingerprint density at radius 2 is 2.21 bits per heavy atom. The minimum absolute atomic E-state index is 0.0505. The highest BCUT2D eigenvalue weighted by atomic mass is 16.6. The van der Waals surface area contributed by atoms with Crippen LogP contribution < -0.4 is 15.4 Å². The summed E-state index contributed by atoms with van der Waals surface area (Å²) in [5.74, 6) is 1.04. The third-order valence-electron chi connectivity index (χ3n) is 3.41. The average Bonchev–Trinajstić information content (AvgIpc) is 2.36. The standard InChI is InChI=1S/C13H19N3O3/c1-9-5-10(14)8-15(7-9)13-6-11(19-2)3-4-12(13)16(17)18/h3-4,6,9-10H,5,7-8,14H2,1-2H3. The van der Waals surface area contributed by atoms with Crippen LogP contribution in [-0.4, -0.2) is 31.2 Å². The molecule has 1 saturated heterocycles. The molecule has 0 radical (unpaired) electrons. The highest BCUT2D eigenvalue weighted by Gasteiger charge is 2.27. The van der Waals surface area contributed by atoms with E-state index in [4.69, 9.17) is 10.5 Å². The maximum Gasteiger partial charge on any atom is 0.292 e. The lowest BCUT2D eigenvalue weighted by atomic mass is 9.96. The van der Waals surface area contributed by atoms with Crippen molar-refractivity contribution in [1.29, 1.82) is 0 Å². The lowest BCUT2D eigenvalue weighted by Gasteiger charge is -2.36. The van der Waals surface area contributed by atoms with Gasteiger partial charge in [0.1, 0.15) is 11.4 Å². The summed E-state index contributed by atoms with van der Waals surface area (Å²) in [6, 6.07) is 4.85. The Bertz CT molecular complexity index is 468. The van der Waals surface area contributed by atoms with Crippen LogP contribution in [0.15, 0.2) is 18.2 Å². The molecule has 104 valence electrons. The average molecular weight is 265 g/mol. The second kappa shape index (κ2) is 5.44. The molecule has 1 aromatic carbocycles. The van der Waals surface area contributed by atoms with E-state index in [9.17, 15) is 10.1 Å². The maximum atomic E-state index is 11.1. The Morgan fingerprint density at radius 1 is 1.47 bits per heavy atom. The normalized spacial score (nSPS) is 23.2. The third kappa shape index (κ3) is 2.96. The van der Waals surface area contributed by atoms with Crippen LogP contribution in [0.4, 0.5) is 11.4 Å². The zero-order valence-corrected chi connectivity index (χ0v) is 11.2. The van der Waals surface area contributed by atoms with Gasteiger partial charge in [-0.1, -0.05) is 6.92 Å². The monoisotopic (exact) mass is 265 g/mol. The predicted octanol–water partition coefficient (Wildman–Crippen LogP) is 1.78. The fourth-order valence-corrected chi connectivity index (χ4v) is 2.63. The van der Waals surface area contributed by atoms with E-state index in [1.54, 1.807) is 19.2 Å². The molecule has 1 aliphatic rings. The third-order valence-corrected chi connectivity index (χ3v) is 3.41. The van der Waals surface area contributed by atoms with E-state index in [-0.39, 0.29) is 16.7 Å². The lowest BCUT2D eigenvalue weighted by molar-refractivity contribution is -0.384. The summed E-state index contributed by atoms with van der Waals surface area (Å²) in [6.07, 6.45) is 0.953. The quantitative estimate of drug-likeness (QED) is 0.665. The maximum absolute atomic E-state index is 11.1. The number of piperidine rings is 1. The molecule has 2 rings (SSSR count). The highest BCUT2D eigenvalue weighted by Crippen LogP contribution is 2.34. The Hall–Kier alpha value is -1.82. The number of methoxy groups -OCH3 is 1. The van der Waals surface area contributed by atoms with E-state index in [0.29, 0.717) is 23.9 Å². The SMILES string of the molecule is COc1ccc([N+](=O)[O-])c(N2CC(C)CC(N)C2)c1. The van der Waals surface area contributed by atoms with Crippen LogP contribution in [0.3, 0.4) is 0 Å². The van der Waals surface area contributed by atoms with E-state index in [1.807, 2.05) is 4.90 Å². The number of ether oxygens (including phenoxy) is 1. The van der Waals surface area contributed by atoms with Crippen molar-refractivity contribution in [3.05, 3.63) is 28.3 Å². The van der Waals surface area contributed by atoms with Gasteiger partial charge in [0, 0.05) is 31.3 Å². The number of nitro benzene ring substituents is 1. The predicted molar refractivity (Wildman–Crippen MR) is 73.6 cm³/mol. The molecule has 0 bridgehead atoms. The van der Waals surface area contributed by atoms with Crippen LogP contribution in [0, 0.1) is 16.0 Å². The van der Waals surface area contributed by atoms with Crippen LogP contribution in [0.1, 0.15) is 13.3 Å². The van der Waals surface area contributed by atoms with Crippen LogP contribution in [0.2, 0.25) is 0 Å². The Morgan fingerprint density at radius 3 is 2.79 bits per heavy atom. The van der Waals surface area contributed by atoms with Crippen molar-refractivity contribution in [2.45, 2.75) is 19.4 Å². The van der Waals surface area contributed by atoms with Crippen LogP contribution in [0.5, 0.6) is 5.75 Å². The first-order chi connectivity index (χ1) is 9.01. The first-order valence-electron chi connectivity index (χ1n) is 6.34. The van der Waals surface area contributed by atoms with Gasteiger partial charge in [0.2, 0.25) is 0 Å². The van der Waals surface area contributed by atoms with Gasteiger partial charge in [0.25, 0.3) is 5.69 Å². The Balaban J connectivity index is 2.38. The first kappa shape index (κ1) is 13.6. The topological polar surface area (TPSA) is 81.6 Å². The van der Waals surface area contributed by atoms with E-state index in [1.165, 1.54) is 6.07 Å². The van der Waals surface area contributed by atoms with Gasteiger partial charge in [-0.15, -0.1) is 0 Å². The highest BCUT2D eigenvalue weighted by molar-refractivity contribution is 5.66. The summed E-state index contributed by atoms with van der Waals surface area (Å²) in [4.78, 5) is 12.8. The van der Waals surface area contributed by atoms with Gasteiger partial charge in [0.05, 0.1) is 12.0 Å². The zero-order valence-electron chi connectivity index (χ0n) is 11.2. The number of nitro groups is 1.